The van der Waals surface area contributed by atoms with Gasteiger partial charge >= 0.3 is 6.18 Å². The third-order valence-corrected chi connectivity index (χ3v) is 4.82. The van der Waals surface area contributed by atoms with Gasteiger partial charge in [-0.15, -0.1) is 0 Å². The lowest BCUT2D eigenvalue weighted by molar-refractivity contribution is -0.137. The molecule has 0 fully saturated rings. The van der Waals surface area contributed by atoms with Crippen molar-refractivity contribution in [2.75, 3.05) is 22.1 Å². The van der Waals surface area contributed by atoms with Gasteiger partial charge in [0.1, 0.15) is 0 Å². The van der Waals surface area contributed by atoms with Crippen molar-refractivity contribution in [3.8, 4) is 0 Å². The van der Waals surface area contributed by atoms with E-state index in [1.807, 2.05) is 0 Å². The number of halogens is 3. The number of nitrogens with one attached hydrogen (secondary N) is 2. The van der Waals surface area contributed by atoms with Crippen molar-refractivity contribution in [3.05, 3.63) is 82.4 Å². The van der Waals surface area contributed by atoms with Crippen LogP contribution in [-0.4, -0.2) is 11.8 Å². The first kappa shape index (κ1) is 22.7. The van der Waals surface area contributed by atoms with Gasteiger partial charge in [0.25, 0.3) is 11.8 Å². The molecule has 0 aromatic heterocycles. The summed E-state index contributed by atoms with van der Waals surface area (Å²) in [6.07, 6.45) is -4.73. The van der Waals surface area contributed by atoms with Crippen molar-refractivity contribution in [3.63, 3.8) is 0 Å². The summed E-state index contributed by atoms with van der Waals surface area (Å²) in [5.41, 5.74) is 12.4. The van der Waals surface area contributed by atoms with Crippen LogP contribution in [0.1, 0.15) is 37.4 Å². The van der Waals surface area contributed by atoms with Crippen LogP contribution in [0.15, 0.2) is 54.6 Å². The van der Waals surface area contributed by atoms with Gasteiger partial charge in [-0.2, -0.15) is 13.2 Å². The molecule has 32 heavy (non-hydrogen) atoms. The average Bonchev–Trinajstić information content (AvgIpc) is 2.69. The third kappa shape index (κ3) is 5.00. The molecule has 0 spiro atoms. The molecular weight excluding hydrogens is 421 g/mol. The highest BCUT2D eigenvalue weighted by Gasteiger charge is 2.35. The molecule has 0 saturated heterocycles. The van der Waals surface area contributed by atoms with E-state index in [-0.39, 0.29) is 11.6 Å². The highest BCUT2D eigenvalue weighted by Crippen LogP contribution is 2.34. The van der Waals surface area contributed by atoms with Crippen molar-refractivity contribution in [2.24, 2.45) is 0 Å². The fourth-order valence-corrected chi connectivity index (χ4v) is 3.21. The van der Waals surface area contributed by atoms with E-state index in [9.17, 15) is 22.8 Å². The standard InChI is InChI=1S/C23H21F3N4O2/c1-12-9-14(27)3-6-17(12)21(31)29-16-5-8-20(13(2)10-16)30-22(32)18-7-4-15(28)11-19(18)23(24,25)26/h3-11H,27-28H2,1-2H3,(H,29,31)(H,30,32). The van der Waals surface area contributed by atoms with Crippen molar-refractivity contribution in [2.45, 2.75) is 20.0 Å². The topological polar surface area (TPSA) is 110 Å². The smallest absolute Gasteiger partial charge is 0.399 e. The predicted octanol–water partition coefficient (Wildman–Crippen LogP) is 4.99. The van der Waals surface area contributed by atoms with Gasteiger partial charge in [0, 0.05) is 28.3 Å². The number of alkyl halides is 3. The molecule has 0 bridgehead atoms. The van der Waals surface area contributed by atoms with Gasteiger partial charge in [-0.05, 0) is 79.6 Å². The van der Waals surface area contributed by atoms with Crippen LogP contribution < -0.4 is 22.1 Å². The summed E-state index contributed by atoms with van der Waals surface area (Å²) < 4.78 is 39.9. The number of carbonyl (C=O) groups excluding carboxylic acids is 2. The van der Waals surface area contributed by atoms with E-state index in [1.54, 1.807) is 44.2 Å². The number of carbonyl (C=O) groups is 2. The lowest BCUT2D eigenvalue weighted by atomic mass is 10.0. The molecule has 2 amide bonds. The molecule has 0 unspecified atom stereocenters. The Balaban J connectivity index is 1.79. The number of anilines is 4. The summed E-state index contributed by atoms with van der Waals surface area (Å²) in [5.74, 6) is -1.26. The Hall–Kier alpha value is -4.01. The summed E-state index contributed by atoms with van der Waals surface area (Å²) in [6, 6.07) is 12.6. The first-order valence-electron chi connectivity index (χ1n) is 9.52. The maximum Gasteiger partial charge on any atom is 0.417 e. The zero-order valence-electron chi connectivity index (χ0n) is 17.3. The molecule has 166 valence electrons. The quantitative estimate of drug-likeness (QED) is 0.427. The fraction of sp³-hybridized carbons (Fsp3) is 0.130. The second kappa shape index (κ2) is 8.62. The predicted molar refractivity (Wildman–Crippen MR) is 119 cm³/mol. The van der Waals surface area contributed by atoms with Gasteiger partial charge in [-0.25, -0.2) is 0 Å². The summed E-state index contributed by atoms with van der Waals surface area (Å²) in [5, 5.41) is 5.23. The van der Waals surface area contributed by atoms with Gasteiger partial charge in [0.2, 0.25) is 0 Å². The Labute approximate surface area is 182 Å². The number of benzene rings is 3. The molecule has 3 aromatic carbocycles. The van der Waals surface area contributed by atoms with Crippen LogP contribution in [0.3, 0.4) is 0 Å². The van der Waals surface area contributed by atoms with Crippen LogP contribution in [0.5, 0.6) is 0 Å². The Morgan fingerprint density at radius 3 is 1.94 bits per heavy atom. The van der Waals surface area contributed by atoms with Crippen LogP contribution in [0, 0.1) is 13.8 Å². The largest absolute Gasteiger partial charge is 0.417 e. The van der Waals surface area contributed by atoms with Crippen molar-refractivity contribution >= 4 is 34.6 Å². The van der Waals surface area contributed by atoms with Gasteiger partial charge in [0.05, 0.1) is 11.1 Å². The van der Waals surface area contributed by atoms with Crippen LogP contribution in [0.4, 0.5) is 35.9 Å². The maximum absolute atomic E-state index is 13.3. The van der Waals surface area contributed by atoms with E-state index >= 15 is 0 Å². The molecule has 0 aliphatic heterocycles. The van der Waals surface area contributed by atoms with Crippen molar-refractivity contribution in [1.82, 2.24) is 0 Å². The average molecular weight is 442 g/mol. The molecule has 3 aromatic rings. The lowest BCUT2D eigenvalue weighted by Crippen LogP contribution is -2.19. The molecule has 3 rings (SSSR count). The molecule has 0 radical (unpaired) electrons. The maximum atomic E-state index is 13.3. The minimum absolute atomic E-state index is 0.0958. The highest BCUT2D eigenvalue weighted by atomic mass is 19.4. The second-order valence-electron chi connectivity index (χ2n) is 7.32. The van der Waals surface area contributed by atoms with Gasteiger partial charge in [-0.1, -0.05) is 0 Å². The molecular formula is C23H21F3N4O2. The normalized spacial score (nSPS) is 11.2. The number of rotatable bonds is 4. The van der Waals surface area contributed by atoms with Crippen LogP contribution in [-0.2, 0) is 6.18 Å². The van der Waals surface area contributed by atoms with Crippen LogP contribution >= 0.6 is 0 Å². The monoisotopic (exact) mass is 442 g/mol. The van der Waals surface area contributed by atoms with E-state index < -0.39 is 23.2 Å². The first-order valence-corrected chi connectivity index (χ1v) is 9.52. The van der Waals surface area contributed by atoms with E-state index in [0.29, 0.717) is 33.8 Å². The Kier molecular flexibility index (Phi) is 6.11. The molecule has 0 saturated carbocycles. The Morgan fingerprint density at radius 2 is 1.34 bits per heavy atom. The zero-order chi connectivity index (χ0) is 23.6. The van der Waals surface area contributed by atoms with Crippen molar-refractivity contribution < 1.29 is 22.8 Å². The highest BCUT2D eigenvalue weighted by molar-refractivity contribution is 6.07. The first-order chi connectivity index (χ1) is 15.0. The Morgan fingerprint density at radius 1 is 0.750 bits per heavy atom. The van der Waals surface area contributed by atoms with E-state index in [2.05, 4.69) is 10.6 Å². The molecule has 0 aliphatic carbocycles. The second-order valence-corrected chi connectivity index (χ2v) is 7.32. The van der Waals surface area contributed by atoms with Crippen LogP contribution in [0.25, 0.3) is 0 Å². The number of aryl methyl sites for hydroxylation is 2. The summed E-state index contributed by atoms with van der Waals surface area (Å²) >= 11 is 0. The fourth-order valence-electron chi connectivity index (χ4n) is 3.21. The lowest BCUT2D eigenvalue weighted by Gasteiger charge is -2.15. The molecule has 9 heteroatoms. The Bertz CT molecular complexity index is 1210. The number of hydrogen-bond acceptors (Lipinski definition) is 4. The van der Waals surface area contributed by atoms with Gasteiger partial charge in [0.15, 0.2) is 0 Å². The third-order valence-electron chi connectivity index (χ3n) is 4.82. The zero-order valence-corrected chi connectivity index (χ0v) is 17.3. The molecule has 6 nitrogen and oxygen atoms in total. The molecule has 6 N–H and O–H groups in total. The number of hydrogen-bond donors (Lipinski definition) is 4. The van der Waals surface area contributed by atoms with E-state index in [1.165, 1.54) is 12.1 Å². The minimum atomic E-state index is -4.73. The van der Waals surface area contributed by atoms with E-state index in [4.69, 9.17) is 11.5 Å². The number of nitrogen functional groups attached to an aromatic ring is 2. The number of nitrogens with two attached hydrogens (primary N) is 2. The summed E-state index contributed by atoms with van der Waals surface area (Å²) in [6.45, 7) is 3.43. The molecule has 0 heterocycles. The summed E-state index contributed by atoms with van der Waals surface area (Å²) in [7, 11) is 0. The number of amides is 2. The van der Waals surface area contributed by atoms with E-state index in [0.717, 1.165) is 12.1 Å². The summed E-state index contributed by atoms with van der Waals surface area (Å²) in [4.78, 5) is 25.1. The molecule has 0 atom stereocenters. The molecule has 0 aliphatic rings. The van der Waals surface area contributed by atoms with Crippen molar-refractivity contribution in [1.29, 1.82) is 0 Å². The van der Waals surface area contributed by atoms with Crippen LogP contribution in [0.2, 0.25) is 0 Å². The van der Waals surface area contributed by atoms with Gasteiger partial charge in [-0.3, -0.25) is 9.59 Å². The SMILES string of the molecule is Cc1cc(NC(=O)c2ccc(N)cc2C)ccc1NC(=O)c1ccc(N)cc1C(F)(F)F. The minimum Gasteiger partial charge on any atom is -0.399 e. The van der Waals surface area contributed by atoms with Gasteiger partial charge < -0.3 is 22.1 Å².